The van der Waals surface area contributed by atoms with Gasteiger partial charge in [-0.3, -0.25) is 4.79 Å². The van der Waals surface area contributed by atoms with Gasteiger partial charge in [-0.2, -0.15) is 10.1 Å². The molecule has 0 radical (unpaired) electrons. The van der Waals surface area contributed by atoms with E-state index in [9.17, 15) is 9.90 Å². The summed E-state index contributed by atoms with van der Waals surface area (Å²) in [7, 11) is 0. The van der Waals surface area contributed by atoms with E-state index in [0.717, 1.165) is 22.4 Å². The zero-order valence-electron chi connectivity index (χ0n) is 15.9. The van der Waals surface area contributed by atoms with E-state index in [4.69, 9.17) is 0 Å². The van der Waals surface area contributed by atoms with Gasteiger partial charge in [0, 0.05) is 28.5 Å². The average molecular weight is 404 g/mol. The number of benzene rings is 2. The summed E-state index contributed by atoms with van der Waals surface area (Å²) >= 11 is 1.68. The number of ketones is 1. The molecule has 1 aliphatic carbocycles. The first-order valence-corrected chi connectivity index (χ1v) is 10.7. The van der Waals surface area contributed by atoms with Crippen molar-refractivity contribution in [3.63, 3.8) is 0 Å². The van der Waals surface area contributed by atoms with Gasteiger partial charge in [0.2, 0.25) is 5.95 Å². The Morgan fingerprint density at radius 2 is 1.93 bits per heavy atom. The Morgan fingerprint density at radius 3 is 2.69 bits per heavy atom. The number of hydrogen-bond acceptors (Lipinski definition) is 6. The number of fused-ring (bicyclic) bond motifs is 1. The number of nitrogens with zero attached hydrogens (tertiary/aromatic N) is 3. The number of phenols is 1. The molecule has 0 saturated heterocycles. The van der Waals surface area contributed by atoms with Crippen LogP contribution in [0.15, 0.2) is 71.0 Å². The fourth-order valence-electron chi connectivity index (χ4n) is 4.30. The maximum absolute atomic E-state index is 13.3. The van der Waals surface area contributed by atoms with E-state index in [2.05, 4.69) is 39.7 Å². The lowest BCUT2D eigenvalue weighted by molar-refractivity contribution is -0.116. The van der Waals surface area contributed by atoms with Crippen molar-refractivity contribution in [2.24, 2.45) is 0 Å². The zero-order chi connectivity index (χ0) is 20.0. The molecule has 2 heterocycles. The summed E-state index contributed by atoms with van der Waals surface area (Å²) in [6, 6.07) is 15.2. The Bertz CT molecular complexity index is 1120. The van der Waals surface area contributed by atoms with Gasteiger partial charge in [0.05, 0.1) is 0 Å². The van der Waals surface area contributed by atoms with Crippen molar-refractivity contribution in [1.82, 2.24) is 14.8 Å². The van der Waals surface area contributed by atoms with Crippen LogP contribution in [-0.4, -0.2) is 31.9 Å². The highest BCUT2D eigenvalue weighted by atomic mass is 32.2. The third-order valence-electron chi connectivity index (χ3n) is 5.67. The van der Waals surface area contributed by atoms with Crippen molar-refractivity contribution in [1.29, 1.82) is 0 Å². The second-order valence-electron chi connectivity index (χ2n) is 7.31. The van der Waals surface area contributed by atoms with Crippen molar-refractivity contribution >= 4 is 23.5 Å². The minimum atomic E-state index is -0.294. The second-order valence-corrected chi connectivity index (χ2v) is 8.19. The molecule has 0 bridgehead atoms. The van der Waals surface area contributed by atoms with Gasteiger partial charge in [0.15, 0.2) is 5.78 Å². The van der Waals surface area contributed by atoms with Crippen LogP contribution < -0.4 is 5.32 Å². The molecule has 5 rings (SSSR count). The molecule has 7 heteroatoms. The maximum atomic E-state index is 13.3. The normalized spacial score (nSPS) is 20.8. The van der Waals surface area contributed by atoms with Gasteiger partial charge < -0.3 is 10.4 Å². The van der Waals surface area contributed by atoms with Crippen molar-refractivity contribution in [3.05, 3.63) is 77.3 Å². The number of rotatable bonds is 3. The lowest BCUT2D eigenvalue weighted by Gasteiger charge is -2.35. The molecule has 0 amide bonds. The number of anilines is 1. The van der Waals surface area contributed by atoms with Crippen molar-refractivity contribution in [3.8, 4) is 5.75 Å². The fraction of sp³-hybridized carbons (Fsp3) is 0.227. The standard InChI is InChI=1S/C22H20N4O2S/c1-29-15-8-6-13(7-9-15)21-20-17(25-22-23-12-24-26(21)22)10-14(11-19(20)28)16-4-2-3-5-18(16)27/h2-9,12,14,21,27H,10-11H2,1H3,(H,23,24,25)/t14-,21-/m1/s1. The summed E-state index contributed by atoms with van der Waals surface area (Å²) in [5.74, 6) is 0.877. The largest absolute Gasteiger partial charge is 0.508 e. The van der Waals surface area contributed by atoms with Crippen LogP contribution in [0.5, 0.6) is 5.75 Å². The van der Waals surface area contributed by atoms with Crippen LogP contribution in [-0.2, 0) is 4.79 Å². The number of nitrogens with one attached hydrogen (secondary N) is 1. The molecule has 1 aliphatic heterocycles. The molecule has 2 N–H and O–H groups in total. The minimum absolute atomic E-state index is 0.0658. The number of hydrogen-bond donors (Lipinski definition) is 2. The number of phenolic OH excluding ortho intramolecular Hbond substituents is 1. The van der Waals surface area contributed by atoms with Crippen LogP contribution in [0.2, 0.25) is 0 Å². The van der Waals surface area contributed by atoms with Gasteiger partial charge in [-0.25, -0.2) is 4.68 Å². The van der Waals surface area contributed by atoms with E-state index >= 15 is 0 Å². The van der Waals surface area contributed by atoms with E-state index in [1.54, 1.807) is 28.6 Å². The topological polar surface area (TPSA) is 80.0 Å². The van der Waals surface area contributed by atoms with Gasteiger partial charge in [-0.05, 0) is 42.0 Å². The second kappa shape index (κ2) is 7.08. The monoisotopic (exact) mass is 404 g/mol. The predicted octanol–water partition coefficient (Wildman–Crippen LogP) is 4.12. The molecule has 2 aliphatic rings. The molecule has 1 aromatic heterocycles. The molecule has 0 saturated carbocycles. The summed E-state index contributed by atoms with van der Waals surface area (Å²) in [5.41, 5.74) is 3.43. The van der Waals surface area contributed by atoms with Gasteiger partial charge in [-0.15, -0.1) is 11.8 Å². The Morgan fingerprint density at radius 1 is 1.14 bits per heavy atom. The van der Waals surface area contributed by atoms with Crippen LogP contribution in [0.3, 0.4) is 0 Å². The first kappa shape index (κ1) is 18.0. The lowest BCUT2D eigenvalue weighted by atomic mass is 9.77. The minimum Gasteiger partial charge on any atom is -0.508 e. The Balaban J connectivity index is 1.59. The maximum Gasteiger partial charge on any atom is 0.226 e. The lowest BCUT2D eigenvalue weighted by Crippen LogP contribution is -2.33. The van der Waals surface area contributed by atoms with Gasteiger partial charge in [-0.1, -0.05) is 30.3 Å². The summed E-state index contributed by atoms with van der Waals surface area (Å²) in [5, 5.41) is 18.0. The van der Waals surface area contributed by atoms with Crippen LogP contribution >= 0.6 is 11.8 Å². The molecular formula is C22H20N4O2S. The Hall–Kier alpha value is -3.06. The smallest absolute Gasteiger partial charge is 0.226 e. The molecule has 29 heavy (non-hydrogen) atoms. The highest BCUT2D eigenvalue weighted by Crippen LogP contribution is 2.45. The molecule has 0 spiro atoms. The molecular weight excluding hydrogens is 384 g/mol. The zero-order valence-corrected chi connectivity index (χ0v) is 16.7. The van der Waals surface area contributed by atoms with Gasteiger partial charge >= 0.3 is 0 Å². The first-order valence-electron chi connectivity index (χ1n) is 9.50. The number of Topliss-reactive ketones (excluding diaryl/α,β-unsaturated/α-hetero) is 1. The predicted molar refractivity (Wildman–Crippen MR) is 112 cm³/mol. The highest BCUT2D eigenvalue weighted by molar-refractivity contribution is 7.98. The molecule has 6 nitrogen and oxygen atoms in total. The third-order valence-corrected chi connectivity index (χ3v) is 6.41. The number of para-hydroxylation sites is 1. The molecule has 2 aromatic carbocycles. The SMILES string of the molecule is CSc1ccc([C@@H]2C3=C(C[C@@H](c4ccccc4O)CC3=O)Nc3ncnn32)cc1. The highest BCUT2D eigenvalue weighted by Gasteiger charge is 2.39. The summed E-state index contributed by atoms with van der Waals surface area (Å²) in [4.78, 5) is 18.8. The van der Waals surface area contributed by atoms with E-state index in [-0.39, 0.29) is 23.5 Å². The fourth-order valence-corrected chi connectivity index (χ4v) is 4.71. The summed E-state index contributed by atoms with van der Waals surface area (Å²) < 4.78 is 1.78. The van der Waals surface area contributed by atoms with E-state index in [0.29, 0.717) is 18.8 Å². The van der Waals surface area contributed by atoms with E-state index < -0.39 is 0 Å². The van der Waals surface area contributed by atoms with Crippen LogP contribution in [0.4, 0.5) is 5.95 Å². The molecule has 3 aromatic rings. The number of aromatic nitrogens is 3. The molecule has 0 unspecified atom stereocenters. The van der Waals surface area contributed by atoms with Crippen molar-refractivity contribution in [2.45, 2.75) is 29.7 Å². The third kappa shape index (κ3) is 3.02. The number of thioether (sulfide) groups is 1. The van der Waals surface area contributed by atoms with E-state index in [1.165, 1.54) is 11.2 Å². The van der Waals surface area contributed by atoms with Crippen molar-refractivity contribution in [2.75, 3.05) is 11.6 Å². The first-order chi connectivity index (χ1) is 14.2. The van der Waals surface area contributed by atoms with Crippen molar-refractivity contribution < 1.29 is 9.90 Å². The number of carbonyl (C=O) groups excluding carboxylic acids is 1. The average Bonchev–Trinajstić information content (AvgIpc) is 3.20. The van der Waals surface area contributed by atoms with Crippen LogP contribution in [0, 0.1) is 0 Å². The Kier molecular flexibility index (Phi) is 4.39. The molecule has 0 fully saturated rings. The van der Waals surface area contributed by atoms with Gasteiger partial charge in [0.25, 0.3) is 0 Å². The van der Waals surface area contributed by atoms with Crippen LogP contribution in [0.25, 0.3) is 0 Å². The summed E-state index contributed by atoms with van der Waals surface area (Å²) in [6.45, 7) is 0. The molecule has 146 valence electrons. The van der Waals surface area contributed by atoms with Gasteiger partial charge in [0.1, 0.15) is 18.1 Å². The number of allylic oxidation sites excluding steroid dienone is 2. The summed E-state index contributed by atoms with van der Waals surface area (Å²) in [6.07, 6.45) is 4.56. The van der Waals surface area contributed by atoms with Crippen LogP contribution in [0.1, 0.15) is 35.9 Å². The molecule has 2 atom stereocenters. The van der Waals surface area contributed by atoms with E-state index in [1.807, 2.05) is 18.4 Å². The number of carbonyl (C=O) groups is 1. The quantitative estimate of drug-likeness (QED) is 0.639. The Labute approximate surface area is 172 Å². The number of aromatic hydroxyl groups is 1.